The monoisotopic (exact) mass is 423 g/mol. The van der Waals surface area contributed by atoms with Gasteiger partial charge in [-0.05, 0) is 22.0 Å². The van der Waals surface area contributed by atoms with Crippen molar-refractivity contribution < 1.29 is 35.0 Å². The van der Waals surface area contributed by atoms with Crippen LogP contribution in [0.1, 0.15) is 0 Å². The number of halogens is 2. The van der Waals surface area contributed by atoms with Crippen LogP contribution in [0, 0.1) is 0 Å². The molecule has 0 unspecified atom stereocenters. The summed E-state index contributed by atoms with van der Waals surface area (Å²) in [5, 5.41) is 48.4. The SMILES string of the molecule is OC[C@@]1(Br)O[C@@H](O)[C@H](O)[C@](O)(Oc2cc3ccccc3[nH]2)[C@@]1(O)Cl. The van der Waals surface area contributed by atoms with Gasteiger partial charge in [-0.1, -0.05) is 29.8 Å². The number of H-pyrrole nitrogens is 1. The van der Waals surface area contributed by atoms with E-state index in [1.807, 2.05) is 0 Å². The van der Waals surface area contributed by atoms with Crippen molar-refractivity contribution in [3.63, 3.8) is 0 Å². The predicted octanol–water partition coefficient (Wildman–Crippen LogP) is -0.0443. The summed E-state index contributed by atoms with van der Waals surface area (Å²) in [4.78, 5) is 2.82. The van der Waals surface area contributed by atoms with Crippen molar-refractivity contribution in [2.45, 2.75) is 27.8 Å². The van der Waals surface area contributed by atoms with Gasteiger partial charge < -0.3 is 40.0 Å². The van der Waals surface area contributed by atoms with E-state index in [1.165, 1.54) is 6.07 Å². The summed E-state index contributed by atoms with van der Waals surface area (Å²) < 4.78 is 8.00. The Bertz CT molecular complexity index is 723. The number of ether oxygens (including phenoxy) is 2. The van der Waals surface area contributed by atoms with Gasteiger partial charge in [0.25, 0.3) is 5.79 Å². The summed E-state index contributed by atoms with van der Waals surface area (Å²) in [5.74, 6) is -2.95. The molecule has 1 fully saturated rings. The van der Waals surface area contributed by atoms with Crippen LogP contribution in [0.2, 0.25) is 0 Å². The van der Waals surface area contributed by atoms with Crippen LogP contribution in [0.15, 0.2) is 30.3 Å². The lowest BCUT2D eigenvalue weighted by Gasteiger charge is -2.53. The first-order valence-corrected chi connectivity index (χ1v) is 8.06. The Morgan fingerprint density at radius 1 is 1.29 bits per heavy atom. The second kappa shape index (κ2) is 5.82. The average Bonchev–Trinajstić information content (AvgIpc) is 2.94. The highest BCUT2D eigenvalue weighted by Gasteiger charge is 2.73. The molecular formula is C14H15BrClNO7. The van der Waals surface area contributed by atoms with Gasteiger partial charge >= 0.3 is 0 Å². The molecule has 0 amide bonds. The number of benzene rings is 1. The Hall–Kier alpha value is -0.910. The second-order valence-corrected chi connectivity index (χ2v) is 7.31. The molecule has 132 valence electrons. The number of fused-ring (bicyclic) bond motifs is 1. The Balaban J connectivity index is 2.04. The van der Waals surface area contributed by atoms with Crippen molar-refractivity contribution in [1.82, 2.24) is 4.98 Å². The number of nitrogens with one attached hydrogen (secondary N) is 1. The molecule has 24 heavy (non-hydrogen) atoms. The summed E-state index contributed by atoms with van der Waals surface area (Å²) in [6.45, 7) is -0.935. The third kappa shape index (κ3) is 2.44. The molecule has 1 aliphatic heterocycles. The van der Waals surface area contributed by atoms with Gasteiger partial charge in [0.1, 0.15) is 0 Å². The summed E-state index contributed by atoms with van der Waals surface area (Å²) in [6.07, 6.45) is -4.13. The highest BCUT2D eigenvalue weighted by Crippen LogP contribution is 2.50. The van der Waals surface area contributed by atoms with E-state index in [0.29, 0.717) is 5.52 Å². The minimum absolute atomic E-state index is 0.0290. The van der Waals surface area contributed by atoms with Gasteiger partial charge in [0.15, 0.2) is 22.8 Å². The van der Waals surface area contributed by atoms with Gasteiger partial charge in [-0.15, -0.1) is 0 Å². The van der Waals surface area contributed by atoms with Crippen LogP contribution in [0.5, 0.6) is 5.88 Å². The maximum Gasteiger partial charge on any atom is 0.288 e. The van der Waals surface area contributed by atoms with E-state index in [2.05, 4.69) is 20.9 Å². The lowest BCUT2D eigenvalue weighted by Crippen LogP contribution is -2.78. The van der Waals surface area contributed by atoms with Crippen LogP contribution in [0.4, 0.5) is 0 Å². The number of hydrogen-bond donors (Lipinski definition) is 6. The average molecular weight is 425 g/mol. The van der Waals surface area contributed by atoms with Crippen LogP contribution in [-0.4, -0.2) is 64.9 Å². The number of hydrogen-bond acceptors (Lipinski definition) is 7. The molecule has 0 aliphatic carbocycles. The molecule has 8 nitrogen and oxygen atoms in total. The first kappa shape index (κ1) is 17.9. The van der Waals surface area contributed by atoms with Crippen molar-refractivity contribution >= 4 is 38.4 Å². The molecule has 6 N–H and O–H groups in total. The number of alkyl halides is 2. The van der Waals surface area contributed by atoms with E-state index in [0.717, 1.165) is 5.39 Å². The zero-order valence-corrected chi connectivity index (χ0v) is 14.4. The molecule has 2 heterocycles. The Morgan fingerprint density at radius 2 is 1.96 bits per heavy atom. The quantitative estimate of drug-likeness (QED) is 0.300. The number of aliphatic hydroxyl groups is 5. The minimum atomic E-state index is -2.92. The molecule has 0 radical (unpaired) electrons. The maximum atomic E-state index is 10.7. The largest absolute Gasteiger partial charge is 0.439 e. The normalized spacial score (nSPS) is 40.0. The first-order valence-electron chi connectivity index (χ1n) is 6.89. The van der Waals surface area contributed by atoms with Crippen LogP contribution >= 0.6 is 27.5 Å². The van der Waals surface area contributed by atoms with Crippen molar-refractivity contribution in [2.24, 2.45) is 0 Å². The van der Waals surface area contributed by atoms with Gasteiger partial charge in [0.05, 0.1) is 6.61 Å². The summed E-state index contributed by atoms with van der Waals surface area (Å²) in [7, 11) is 0. The molecule has 0 saturated carbocycles. The van der Waals surface area contributed by atoms with Crippen LogP contribution < -0.4 is 4.74 Å². The third-order valence-electron chi connectivity index (χ3n) is 3.92. The standard InChI is InChI=1S/C14H15BrClNO7/c15-12(6-18)14(16,22)13(21,10(19)11(20)24-12)23-9-5-7-3-1-2-4-8(7)17-9/h1-5,10-11,17-22H,6H2/t10-,11+,12+,13-,14+/m0/s1. The zero-order chi connectivity index (χ0) is 17.8. The van der Waals surface area contributed by atoms with Crippen molar-refractivity contribution in [2.75, 3.05) is 6.61 Å². The lowest BCUT2D eigenvalue weighted by atomic mass is 9.94. The molecule has 1 aliphatic rings. The molecule has 3 rings (SSSR count). The zero-order valence-electron chi connectivity index (χ0n) is 12.1. The van der Waals surface area contributed by atoms with Crippen molar-refractivity contribution in [1.29, 1.82) is 0 Å². The molecule has 2 aromatic rings. The van der Waals surface area contributed by atoms with Crippen LogP contribution in [-0.2, 0) is 4.74 Å². The topological polar surface area (TPSA) is 135 Å². The number of aromatic amines is 1. The highest BCUT2D eigenvalue weighted by molar-refractivity contribution is 9.10. The lowest BCUT2D eigenvalue weighted by molar-refractivity contribution is -0.392. The smallest absolute Gasteiger partial charge is 0.288 e. The van der Waals surface area contributed by atoms with E-state index in [4.69, 9.17) is 21.1 Å². The molecule has 1 aromatic heterocycles. The first-order chi connectivity index (χ1) is 11.1. The molecular weight excluding hydrogens is 410 g/mol. The molecule has 0 spiro atoms. The van der Waals surface area contributed by atoms with E-state index in [9.17, 15) is 25.5 Å². The Labute approximate surface area is 149 Å². The van der Waals surface area contributed by atoms with Gasteiger partial charge in [-0.25, -0.2) is 0 Å². The minimum Gasteiger partial charge on any atom is -0.439 e. The highest BCUT2D eigenvalue weighted by atomic mass is 79.9. The van der Waals surface area contributed by atoms with Gasteiger partial charge in [-0.3, -0.25) is 0 Å². The number of aromatic nitrogens is 1. The fourth-order valence-electron chi connectivity index (χ4n) is 2.53. The van der Waals surface area contributed by atoms with E-state index in [1.54, 1.807) is 24.3 Å². The van der Waals surface area contributed by atoms with Gasteiger partial charge in [0.2, 0.25) is 5.06 Å². The number of aliphatic hydroxyl groups excluding tert-OH is 3. The second-order valence-electron chi connectivity index (χ2n) is 5.48. The summed E-state index contributed by atoms with van der Waals surface area (Å²) in [5.41, 5.74) is 0.670. The van der Waals surface area contributed by atoms with E-state index < -0.39 is 34.4 Å². The molecule has 5 atom stereocenters. The molecule has 0 bridgehead atoms. The summed E-state index contributed by atoms with van der Waals surface area (Å²) >= 11 is 8.79. The molecule has 1 aromatic carbocycles. The fourth-order valence-corrected chi connectivity index (χ4v) is 3.26. The predicted molar refractivity (Wildman–Crippen MR) is 86.5 cm³/mol. The number of rotatable bonds is 3. The van der Waals surface area contributed by atoms with Crippen LogP contribution in [0.25, 0.3) is 10.9 Å². The van der Waals surface area contributed by atoms with Gasteiger partial charge in [0, 0.05) is 17.0 Å². The third-order valence-corrected chi connectivity index (χ3v) is 5.74. The van der Waals surface area contributed by atoms with Crippen molar-refractivity contribution in [3.05, 3.63) is 30.3 Å². The summed E-state index contributed by atoms with van der Waals surface area (Å²) in [6, 6.07) is 8.58. The Morgan fingerprint density at radius 3 is 2.58 bits per heavy atom. The Kier molecular flexibility index (Phi) is 4.34. The fraction of sp³-hybridized carbons (Fsp3) is 0.429. The number of para-hydroxylation sites is 1. The van der Waals surface area contributed by atoms with Gasteiger partial charge in [-0.2, -0.15) is 0 Å². The maximum absolute atomic E-state index is 10.7. The van der Waals surface area contributed by atoms with E-state index in [-0.39, 0.29) is 5.88 Å². The van der Waals surface area contributed by atoms with Crippen LogP contribution in [0.3, 0.4) is 0 Å². The van der Waals surface area contributed by atoms with E-state index >= 15 is 0 Å². The van der Waals surface area contributed by atoms with Crippen molar-refractivity contribution in [3.8, 4) is 5.88 Å². The molecule has 1 saturated heterocycles. The molecule has 10 heteroatoms.